The van der Waals surface area contributed by atoms with Crippen molar-refractivity contribution in [3.05, 3.63) is 0 Å². The molecular weight excluding hydrogens is 116 g/mol. The van der Waals surface area contributed by atoms with Gasteiger partial charge in [-0.15, -0.1) is 0 Å². The average Bonchev–Trinajstić information content (AvgIpc) is 1.96. The predicted molar refractivity (Wildman–Crippen MR) is 34.8 cm³/mol. The number of carbonyl (C=O) groups excluding carboxylic acids is 1. The number of amides is 1. The van der Waals surface area contributed by atoms with E-state index in [0.29, 0.717) is 6.54 Å². The van der Waals surface area contributed by atoms with Crippen molar-refractivity contribution in [3.8, 4) is 0 Å². The molecule has 0 aliphatic carbocycles. The summed E-state index contributed by atoms with van der Waals surface area (Å²) in [6.07, 6.45) is 0. The molecule has 0 bridgehead atoms. The summed E-state index contributed by atoms with van der Waals surface area (Å²) in [6.45, 7) is 4.34. The Balaban J connectivity index is 2.78. The maximum absolute atomic E-state index is 10.9. The summed E-state index contributed by atoms with van der Waals surface area (Å²) in [4.78, 5) is 10.9. The van der Waals surface area contributed by atoms with Gasteiger partial charge in [0, 0.05) is 12.6 Å². The fourth-order valence-corrected chi connectivity index (χ4v) is 0.854. The van der Waals surface area contributed by atoms with Gasteiger partial charge in [0.05, 0.1) is 5.41 Å². The highest BCUT2D eigenvalue weighted by atomic mass is 16.2. The van der Waals surface area contributed by atoms with E-state index in [4.69, 9.17) is 5.73 Å². The number of carbonyl (C=O) groups is 1. The van der Waals surface area contributed by atoms with Crippen LogP contribution in [0.3, 0.4) is 0 Å². The molecule has 9 heavy (non-hydrogen) atoms. The van der Waals surface area contributed by atoms with Crippen LogP contribution in [-0.4, -0.2) is 18.5 Å². The Hall–Kier alpha value is -0.570. The van der Waals surface area contributed by atoms with Gasteiger partial charge in [-0.25, -0.2) is 0 Å². The molecule has 0 unspecified atom stereocenters. The summed E-state index contributed by atoms with van der Waals surface area (Å²) < 4.78 is 0. The summed E-state index contributed by atoms with van der Waals surface area (Å²) in [5.41, 5.74) is 5.26. The lowest BCUT2D eigenvalue weighted by molar-refractivity contribution is -0.126. The molecule has 1 rings (SSSR count). The molecule has 0 spiro atoms. The fourth-order valence-electron chi connectivity index (χ4n) is 0.854. The van der Waals surface area contributed by atoms with E-state index in [1.54, 1.807) is 0 Å². The Morgan fingerprint density at radius 2 is 2.33 bits per heavy atom. The van der Waals surface area contributed by atoms with E-state index in [9.17, 15) is 4.79 Å². The molecule has 0 aromatic carbocycles. The van der Waals surface area contributed by atoms with Crippen LogP contribution in [-0.2, 0) is 4.79 Å². The zero-order valence-electron chi connectivity index (χ0n) is 5.77. The molecule has 1 saturated heterocycles. The summed E-state index contributed by atoms with van der Waals surface area (Å²) >= 11 is 0. The summed E-state index contributed by atoms with van der Waals surface area (Å²) in [7, 11) is 0. The minimum absolute atomic E-state index is 0.0231. The molecule has 1 aliphatic heterocycles. The van der Waals surface area contributed by atoms with E-state index in [0.717, 1.165) is 0 Å². The molecule has 0 saturated carbocycles. The molecule has 1 fully saturated rings. The van der Waals surface area contributed by atoms with Gasteiger partial charge >= 0.3 is 0 Å². The summed E-state index contributed by atoms with van der Waals surface area (Å²) in [5, 5.41) is 2.70. The Morgan fingerprint density at radius 1 is 1.78 bits per heavy atom. The minimum Gasteiger partial charge on any atom is -0.354 e. The second-order valence-corrected chi connectivity index (χ2v) is 3.04. The molecule has 0 aromatic rings. The average molecular weight is 128 g/mol. The Kier molecular flexibility index (Phi) is 1.24. The smallest absolute Gasteiger partial charge is 0.227 e. The van der Waals surface area contributed by atoms with E-state index in [-0.39, 0.29) is 17.4 Å². The molecule has 52 valence electrons. The molecule has 1 atom stereocenters. The second-order valence-electron chi connectivity index (χ2n) is 3.04. The van der Waals surface area contributed by atoms with Crippen LogP contribution in [0.5, 0.6) is 0 Å². The third-order valence-electron chi connectivity index (χ3n) is 1.99. The third kappa shape index (κ3) is 0.812. The molecular formula is C6H12N2O. The predicted octanol–water partition coefficient (Wildman–Crippen LogP) is -0.530. The van der Waals surface area contributed by atoms with Crippen molar-refractivity contribution in [3.63, 3.8) is 0 Å². The minimum atomic E-state index is -0.361. The van der Waals surface area contributed by atoms with Crippen LogP contribution in [0.2, 0.25) is 0 Å². The van der Waals surface area contributed by atoms with E-state index in [2.05, 4.69) is 5.32 Å². The van der Waals surface area contributed by atoms with E-state index < -0.39 is 0 Å². The monoisotopic (exact) mass is 128 g/mol. The van der Waals surface area contributed by atoms with Crippen LogP contribution in [0.25, 0.3) is 0 Å². The first-order valence-corrected chi connectivity index (χ1v) is 3.09. The molecule has 1 heterocycles. The quantitative estimate of drug-likeness (QED) is 0.461. The van der Waals surface area contributed by atoms with Gasteiger partial charge in [-0.3, -0.25) is 4.79 Å². The van der Waals surface area contributed by atoms with Crippen molar-refractivity contribution >= 4 is 5.91 Å². The number of hydrogen-bond donors (Lipinski definition) is 2. The van der Waals surface area contributed by atoms with Crippen LogP contribution in [0.15, 0.2) is 0 Å². The Bertz CT molecular complexity index is 142. The largest absolute Gasteiger partial charge is 0.354 e. The number of rotatable bonds is 0. The maximum Gasteiger partial charge on any atom is 0.227 e. The van der Waals surface area contributed by atoms with E-state index >= 15 is 0 Å². The van der Waals surface area contributed by atoms with Gasteiger partial charge in [0.2, 0.25) is 5.91 Å². The third-order valence-corrected chi connectivity index (χ3v) is 1.99. The summed E-state index contributed by atoms with van der Waals surface area (Å²) in [6, 6.07) is -0.0231. The maximum atomic E-state index is 10.9. The van der Waals surface area contributed by atoms with Crippen LogP contribution in [0.4, 0.5) is 0 Å². The van der Waals surface area contributed by atoms with E-state index in [1.807, 2.05) is 13.8 Å². The number of hydrogen-bond acceptors (Lipinski definition) is 2. The molecule has 1 aliphatic rings. The van der Waals surface area contributed by atoms with Crippen molar-refractivity contribution in [2.24, 2.45) is 11.1 Å². The van der Waals surface area contributed by atoms with Gasteiger partial charge in [-0.1, -0.05) is 0 Å². The van der Waals surface area contributed by atoms with Crippen molar-refractivity contribution in [1.29, 1.82) is 0 Å². The SMILES string of the molecule is CC1(C)C(=O)NC[C@@H]1N. The van der Waals surface area contributed by atoms with Crippen LogP contribution in [0.1, 0.15) is 13.8 Å². The standard InChI is InChI=1S/C6H12N2O/c1-6(2)4(7)3-8-5(6)9/h4H,3,7H2,1-2H3,(H,8,9)/t4-/m0/s1. The first-order chi connectivity index (χ1) is 4.05. The van der Waals surface area contributed by atoms with Gasteiger partial charge in [0.25, 0.3) is 0 Å². The van der Waals surface area contributed by atoms with Gasteiger partial charge in [-0.2, -0.15) is 0 Å². The highest BCUT2D eigenvalue weighted by molar-refractivity contribution is 5.85. The first-order valence-electron chi connectivity index (χ1n) is 3.09. The zero-order valence-corrected chi connectivity index (χ0v) is 5.77. The molecule has 0 radical (unpaired) electrons. The van der Waals surface area contributed by atoms with Crippen molar-refractivity contribution in [1.82, 2.24) is 5.32 Å². The van der Waals surface area contributed by atoms with Crippen LogP contribution >= 0.6 is 0 Å². The van der Waals surface area contributed by atoms with Gasteiger partial charge in [0.15, 0.2) is 0 Å². The van der Waals surface area contributed by atoms with Crippen LogP contribution in [0, 0.1) is 5.41 Å². The lowest BCUT2D eigenvalue weighted by atomic mass is 9.88. The molecule has 3 N–H and O–H groups in total. The fraction of sp³-hybridized carbons (Fsp3) is 0.833. The van der Waals surface area contributed by atoms with Crippen molar-refractivity contribution in [2.45, 2.75) is 19.9 Å². The van der Waals surface area contributed by atoms with E-state index in [1.165, 1.54) is 0 Å². The number of nitrogens with two attached hydrogens (primary N) is 1. The lowest BCUT2D eigenvalue weighted by Gasteiger charge is -2.18. The lowest BCUT2D eigenvalue weighted by Crippen LogP contribution is -2.37. The molecule has 3 nitrogen and oxygen atoms in total. The second kappa shape index (κ2) is 1.70. The highest BCUT2D eigenvalue weighted by Crippen LogP contribution is 2.22. The molecule has 3 heteroatoms. The highest BCUT2D eigenvalue weighted by Gasteiger charge is 2.39. The zero-order chi connectivity index (χ0) is 7.07. The van der Waals surface area contributed by atoms with Crippen molar-refractivity contribution in [2.75, 3.05) is 6.54 Å². The number of nitrogens with one attached hydrogen (secondary N) is 1. The topological polar surface area (TPSA) is 55.1 Å². The normalized spacial score (nSPS) is 32.3. The van der Waals surface area contributed by atoms with Crippen molar-refractivity contribution < 1.29 is 4.79 Å². The van der Waals surface area contributed by atoms with Gasteiger partial charge in [0.1, 0.15) is 0 Å². The molecule has 1 amide bonds. The van der Waals surface area contributed by atoms with Gasteiger partial charge in [-0.05, 0) is 13.8 Å². The Labute approximate surface area is 54.6 Å². The first kappa shape index (κ1) is 6.55. The Morgan fingerprint density at radius 3 is 2.44 bits per heavy atom. The summed E-state index contributed by atoms with van der Waals surface area (Å²) in [5.74, 6) is 0.0648. The van der Waals surface area contributed by atoms with Crippen LogP contribution < -0.4 is 11.1 Å². The molecule has 0 aromatic heterocycles. The van der Waals surface area contributed by atoms with Gasteiger partial charge < -0.3 is 11.1 Å².